The van der Waals surface area contributed by atoms with Crippen molar-refractivity contribution in [1.82, 2.24) is 15.5 Å². The van der Waals surface area contributed by atoms with Crippen molar-refractivity contribution in [2.24, 2.45) is 5.92 Å². The van der Waals surface area contributed by atoms with Crippen molar-refractivity contribution in [2.45, 2.75) is 81.9 Å². The Bertz CT molecular complexity index is 440. The van der Waals surface area contributed by atoms with Gasteiger partial charge in [0, 0.05) is 31.8 Å². The molecule has 5 nitrogen and oxygen atoms in total. The maximum atomic E-state index is 12.3. The normalized spacial score (nSPS) is 33.5. The van der Waals surface area contributed by atoms with Crippen LogP contribution in [0.25, 0.3) is 0 Å². The molecule has 1 spiro atoms. The number of carbonyl (C=O) groups excluding carboxylic acids is 1. The minimum absolute atomic E-state index is 0.0257. The third-order valence-electron chi connectivity index (χ3n) is 6.52. The largest absolute Gasteiger partial charge is 0.375 e. The zero-order chi connectivity index (χ0) is 16.4. The monoisotopic (exact) mass is 335 g/mol. The summed E-state index contributed by atoms with van der Waals surface area (Å²) in [4.78, 5) is 14.9. The first-order chi connectivity index (χ1) is 11.7. The van der Waals surface area contributed by atoms with Crippen LogP contribution in [0.1, 0.15) is 64.2 Å². The number of nitrogens with zero attached hydrogens (tertiary/aromatic N) is 1. The van der Waals surface area contributed by atoms with Gasteiger partial charge < -0.3 is 20.3 Å². The van der Waals surface area contributed by atoms with E-state index in [1.54, 1.807) is 0 Å². The molecule has 2 N–H and O–H groups in total. The van der Waals surface area contributed by atoms with Crippen molar-refractivity contribution in [2.75, 3.05) is 26.2 Å². The SMILES string of the molecule is O=C(NC[C@H]1CCN(C2CC2)C1)N[C@@H]1CCOC2(CCCCC2)C1. The molecule has 4 fully saturated rings. The molecule has 0 unspecified atom stereocenters. The molecule has 4 rings (SSSR count). The van der Waals surface area contributed by atoms with E-state index in [9.17, 15) is 4.79 Å². The van der Waals surface area contributed by atoms with Crippen LogP contribution < -0.4 is 10.6 Å². The summed E-state index contributed by atoms with van der Waals surface area (Å²) < 4.78 is 6.12. The van der Waals surface area contributed by atoms with Crippen molar-refractivity contribution in [3.05, 3.63) is 0 Å². The molecule has 5 heteroatoms. The van der Waals surface area contributed by atoms with E-state index < -0.39 is 0 Å². The number of amides is 2. The summed E-state index contributed by atoms with van der Waals surface area (Å²) in [7, 11) is 0. The molecular formula is C19H33N3O2. The molecule has 2 aliphatic heterocycles. The first kappa shape index (κ1) is 16.6. The molecule has 4 aliphatic rings. The van der Waals surface area contributed by atoms with Gasteiger partial charge in [-0.05, 0) is 57.4 Å². The molecule has 136 valence electrons. The molecular weight excluding hydrogens is 302 g/mol. The van der Waals surface area contributed by atoms with Gasteiger partial charge in [0.05, 0.1) is 5.60 Å². The number of hydrogen-bond acceptors (Lipinski definition) is 3. The number of rotatable bonds is 4. The predicted octanol–water partition coefficient (Wildman–Crippen LogP) is 2.65. The van der Waals surface area contributed by atoms with Crippen molar-refractivity contribution >= 4 is 6.03 Å². The van der Waals surface area contributed by atoms with Crippen LogP contribution in [-0.4, -0.2) is 54.9 Å². The third-order valence-corrected chi connectivity index (χ3v) is 6.52. The maximum absolute atomic E-state index is 12.3. The quantitative estimate of drug-likeness (QED) is 0.830. The van der Waals surface area contributed by atoms with Crippen molar-refractivity contribution < 1.29 is 9.53 Å². The fourth-order valence-corrected chi connectivity index (χ4v) is 4.97. The average Bonchev–Trinajstić information content (AvgIpc) is 3.32. The second kappa shape index (κ2) is 7.20. The van der Waals surface area contributed by atoms with Gasteiger partial charge in [0.15, 0.2) is 0 Å². The van der Waals surface area contributed by atoms with Gasteiger partial charge >= 0.3 is 6.03 Å². The minimum Gasteiger partial charge on any atom is -0.375 e. The van der Waals surface area contributed by atoms with E-state index in [4.69, 9.17) is 4.74 Å². The second-order valence-corrected chi connectivity index (χ2v) is 8.52. The second-order valence-electron chi connectivity index (χ2n) is 8.52. The van der Waals surface area contributed by atoms with Crippen LogP contribution >= 0.6 is 0 Å². The molecule has 2 atom stereocenters. The lowest BCUT2D eigenvalue weighted by Crippen LogP contribution is -2.52. The molecule has 2 heterocycles. The molecule has 0 aromatic rings. The lowest BCUT2D eigenvalue weighted by atomic mass is 9.78. The zero-order valence-electron chi connectivity index (χ0n) is 14.9. The van der Waals surface area contributed by atoms with Crippen LogP contribution in [0.3, 0.4) is 0 Å². The Kier molecular flexibility index (Phi) is 5.00. The van der Waals surface area contributed by atoms with Crippen LogP contribution in [-0.2, 0) is 4.74 Å². The summed E-state index contributed by atoms with van der Waals surface area (Å²) in [5.74, 6) is 0.635. The first-order valence-electron chi connectivity index (χ1n) is 10.1. The Labute approximate surface area is 145 Å². The van der Waals surface area contributed by atoms with Gasteiger partial charge in [-0.15, -0.1) is 0 Å². The van der Waals surface area contributed by atoms with Crippen LogP contribution in [0.5, 0.6) is 0 Å². The predicted molar refractivity (Wildman–Crippen MR) is 94.0 cm³/mol. The Morgan fingerprint density at radius 2 is 1.96 bits per heavy atom. The summed E-state index contributed by atoms with van der Waals surface area (Å²) in [6.45, 7) is 4.01. The van der Waals surface area contributed by atoms with Gasteiger partial charge in [-0.25, -0.2) is 4.79 Å². The minimum atomic E-state index is 0.0257. The van der Waals surface area contributed by atoms with E-state index in [1.165, 1.54) is 64.5 Å². The highest BCUT2D eigenvalue weighted by Crippen LogP contribution is 2.38. The van der Waals surface area contributed by atoms with E-state index in [0.717, 1.165) is 32.0 Å². The summed E-state index contributed by atoms with van der Waals surface area (Å²) in [6.07, 6.45) is 12.2. The standard InChI is InChI=1S/C19H33N3O2/c23-18(20-13-15-6-10-22(14-15)17-4-5-17)21-16-7-11-24-19(12-16)8-2-1-3-9-19/h15-17H,1-14H2,(H2,20,21,23)/t15-,16-/m1/s1. The average molecular weight is 335 g/mol. The summed E-state index contributed by atoms with van der Waals surface area (Å²) in [6, 6.07) is 1.17. The van der Waals surface area contributed by atoms with E-state index >= 15 is 0 Å². The molecule has 24 heavy (non-hydrogen) atoms. The topological polar surface area (TPSA) is 53.6 Å². The number of ether oxygens (including phenoxy) is 1. The van der Waals surface area contributed by atoms with Crippen molar-refractivity contribution in [1.29, 1.82) is 0 Å². The fraction of sp³-hybridized carbons (Fsp3) is 0.947. The summed E-state index contributed by atoms with van der Waals surface area (Å²) in [5.41, 5.74) is 0.0602. The molecule has 2 amide bonds. The number of hydrogen-bond donors (Lipinski definition) is 2. The zero-order valence-corrected chi connectivity index (χ0v) is 14.9. The Morgan fingerprint density at radius 1 is 1.12 bits per heavy atom. The molecule has 2 saturated carbocycles. The van der Waals surface area contributed by atoms with E-state index in [1.807, 2.05) is 0 Å². The van der Waals surface area contributed by atoms with Gasteiger partial charge in [0.2, 0.25) is 0 Å². The molecule has 0 radical (unpaired) electrons. The number of likely N-dealkylation sites (tertiary alicyclic amines) is 1. The van der Waals surface area contributed by atoms with Crippen LogP contribution in [0.4, 0.5) is 4.79 Å². The molecule has 0 bridgehead atoms. The van der Waals surface area contributed by atoms with Crippen molar-refractivity contribution in [3.8, 4) is 0 Å². The van der Waals surface area contributed by atoms with Crippen molar-refractivity contribution in [3.63, 3.8) is 0 Å². The maximum Gasteiger partial charge on any atom is 0.315 e. The summed E-state index contributed by atoms with van der Waals surface area (Å²) >= 11 is 0. The van der Waals surface area contributed by atoms with E-state index in [2.05, 4.69) is 15.5 Å². The van der Waals surface area contributed by atoms with Gasteiger partial charge in [-0.3, -0.25) is 0 Å². The lowest BCUT2D eigenvalue weighted by Gasteiger charge is -2.43. The Balaban J connectivity index is 1.18. The van der Waals surface area contributed by atoms with Crippen LogP contribution in [0.15, 0.2) is 0 Å². The smallest absolute Gasteiger partial charge is 0.315 e. The molecule has 0 aromatic carbocycles. The highest BCUT2D eigenvalue weighted by Gasteiger charge is 2.39. The summed E-state index contributed by atoms with van der Waals surface area (Å²) in [5, 5.41) is 6.34. The van der Waals surface area contributed by atoms with Gasteiger partial charge in [0.1, 0.15) is 0 Å². The Morgan fingerprint density at radius 3 is 2.75 bits per heavy atom. The third kappa shape index (κ3) is 4.05. The van der Waals surface area contributed by atoms with E-state index in [0.29, 0.717) is 5.92 Å². The molecule has 2 saturated heterocycles. The number of carbonyl (C=O) groups is 1. The van der Waals surface area contributed by atoms with Gasteiger partial charge in [-0.1, -0.05) is 19.3 Å². The lowest BCUT2D eigenvalue weighted by molar-refractivity contribution is -0.107. The first-order valence-corrected chi connectivity index (χ1v) is 10.1. The van der Waals surface area contributed by atoms with Crippen LogP contribution in [0.2, 0.25) is 0 Å². The van der Waals surface area contributed by atoms with Gasteiger partial charge in [-0.2, -0.15) is 0 Å². The Hall–Kier alpha value is -0.810. The number of nitrogens with one attached hydrogen (secondary N) is 2. The number of urea groups is 1. The highest BCUT2D eigenvalue weighted by molar-refractivity contribution is 5.74. The highest BCUT2D eigenvalue weighted by atomic mass is 16.5. The fourth-order valence-electron chi connectivity index (χ4n) is 4.97. The molecule has 0 aromatic heterocycles. The molecule has 2 aliphatic carbocycles. The van der Waals surface area contributed by atoms with E-state index in [-0.39, 0.29) is 17.7 Å². The van der Waals surface area contributed by atoms with Gasteiger partial charge in [0.25, 0.3) is 0 Å². The van der Waals surface area contributed by atoms with Crippen LogP contribution in [0, 0.1) is 5.92 Å².